The lowest BCUT2D eigenvalue weighted by Crippen LogP contribution is -2.11. The molecule has 1 unspecified atom stereocenters. The summed E-state index contributed by atoms with van der Waals surface area (Å²) in [5.41, 5.74) is 2.61. The lowest BCUT2D eigenvalue weighted by Gasteiger charge is -2.27. The van der Waals surface area contributed by atoms with Crippen LogP contribution in [0.15, 0.2) is 17.0 Å². The van der Waals surface area contributed by atoms with E-state index in [-0.39, 0.29) is 6.10 Å². The van der Waals surface area contributed by atoms with Crippen LogP contribution in [-0.2, 0) is 4.74 Å². The first-order chi connectivity index (χ1) is 7.27. The Hall–Kier alpha value is -0.670. The molecule has 2 nitrogen and oxygen atoms in total. The average molecular weight is 224 g/mol. The number of benzene rings is 1. The number of ether oxygens (including phenoxy) is 2. The summed E-state index contributed by atoms with van der Waals surface area (Å²) in [7, 11) is 3.51. The quantitative estimate of drug-likeness (QED) is 0.768. The van der Waals surface area contributed by atoms with E-state index in [9.17, 15) is 0 Å². The molecule has 82 valence electrons. The first kappa shape index (κ1) is 10.8. The molecule has 0 fully saturated rings. The summed E-state index contributed by atoms with van der Waals surface area (Å²) in [5.74, 6) is 2.08. The maximum atomic E-state index is 5.53. The average Bonchev–Trinajstić information content (AvgIpc) is 2.29. The summed E-state index contributed by atoms with van der Waals surface area (Å²) in [6.45, 7) is 2.14. The monoisotopic (exact) mass is 224 g/mol. The molecule has 1 aliphatic rings. The van der Waals surface area contributed by atoms with Crippen molar-refractivity contribution in [3.8, 4) is 5.75 Å². The molecule has 0 saturated carbocycles. The smallest absolute Gasteiger partial charge is 0.132 e. The zero-order valence-electron chi connectivity index (χ0n) is 9.37. The maximum absolute atomic E-state index is 5.53. The SMILES string of the molecule is COc1ccc(C)c2c1SCCC2OC. The van der Waals surface area contributed by atoms with E-state index in [2.05, 4.69) is 13.0 Å². The summed E-state index contributed by atoms with van der Waals surface area (Å²) in [6.07, 6.45) is 1.32. The molecule has 0 spiro atoms. The van der Waals surface area contributed by atoms with Crippen LogP contribution in [0.4, 0.5) is 0 Å². The third-order valence-corrected chi connectivity index (χ3v) is 3.98. The Morgan fingerprint density at radius 3 is 2.80 bits per heavy atom. The molecule has 1 aliphatic heterocycles. The number of rotatable bonds is 2. The minimum Gasteiger partial charge on any atom is -0.496 e. The van der Waals surface area contributed by atoms with Crippen LogP contribution < -0.4 is 4.74 Å². The van der Waals surface area contributed by atoms with Gasteiger partial charge in [-0.05, 0) is 25.0 Å². The number of methoxy groups -OCH3 is 2. The molecular formula is C12H16O2S. The van der Waals surface area contributed by atoms with E-state index in [1.165, 1.54) is 16.0 Å². The Kier molecular flexibility index (Phi) is 3.22. The van der Waals surface area contributed by atoms with Gasteiger partial charge in [0.2, 0.25) is 0 Å². The highest BCUT2D eigenvalue weighted by atomic mass is 32.2. The van der Waals surface area contributed by atoms with Crippen LogP contribution in [0.1, 0.15) is 23.7 Å². The maximum Gasteiger partial charge on any atom is 0.132 e. The normalized spacial score (nSPS) is 19.8. The van der Waals surface area contributed by atoms with Gasteiger partial charge in [0.1, 0.15) is 5.75 Å². The van der Waals surface area contributed by atoms with Crippen molar-refractivity contribution in [2.24, 2.45) is 0 Å². The van der Waals surface area contributed by atoms with Crippen LogP contribution in [0.5, 0.6) is 5.75 Å². The fraction of sp³-hybridized carbons (Fsp3) is 0.500. The highest BCUT2D eigenvalue weighted by Gasteiger charge is 2.24. The minimum atomic E-state index is 0.233. The van der Waals surface area contributed by atoms with Gasteiger partial charge in [-0.25, -0.2) is 0 Å². The van der Waals surface area contributed by atoms with Crippen LogP contribution in [0.3, 0.4) is 0 Å². The van der Waals surface area contributed by atoms with E-state index in [4.69, 9.17) is 9.47 Å². The minimum absolute atomic E-state index is 0.233. The predicted molar refractivity (Wildman–Crippen MR) is 62.8 cm³/mol. The van der Waals surface area contributed by atoms with E-state index in [1.807, 2.05) is 17.8 Å². The van der Waals surface area contributed by atoms with Gasteiger partial charge in [0.05, 0.1) is 18.1 Å². The molecule has 0 saturated heterocycles. The second-order valence-electron chi connectivity index (χ2n) is 3.69. The lowest BCUT2D eigenvalue weighted by molar-refractivity contribution is 0.0964. The van der Waals surface area contributed by atoms with E-state index < -0.39 is 0 Å². The zero-order valence-corrected chi connectivity index (χ0v) is 10.2. The topological polar surface area (TPSA) is 18.5 Å². The van der Waals surface area contributed by atoms with Crippen molar-refractivity contribution >= 4 is 11.8 Å². The van der Waals surface area contributed by atoms with E-state index in [0.29, 0.717) is 0 Å². The first-order valence-corrected chi connectivity index (χ1v) is 6.09. The molecule has 0 amide bonds. The molecule has 1 heterocycles. The summed E-state index contributed by atoms with van der Waals surface area (Å²) in [5, 5.41) is 0. The fourth-order valence-electron chi connectivity index (χ4n) is 2.04. The highest BCUT2D eigenvalue weighted by molar-refractivity contribution is 7.99. The first-order valence-electron chi connectivity index (χ1n) is 5.11. The third-order valence-electron chi connectivity index (χ3n) is 2.83. The lowest BCUT2D eigenvalue weighted by atomic mass is 10.0. The second kappa shape index (κ2) is 4.45. The predicted octanol–water partition coefficient (Wildman–Crippen LogP) is 3.19. The van der Waals surface area contributed by atoms with Gasteiger partial charge in [0.15, 0.2) is 0 Å². The number of thioether (sulfide) groups is 1. The Bertz CT molecular complexity index is 363. The molecule has 15 heavy (non-hydrogen) atoms. The van der Waals surface area contributed by atoms with Crippen molar-refractivity contribution < 1.29 is 9.47 Å². The van der Waals surface area contributed by atoms with Crippen molar-refractivity contribution in [2.75, 3.05) is 20.0 Å². The van der Waals surface area contributed by atoms with Crippen molar-refractivity contribution in [3.05, 3.63) is 23.3 Å². The molecule has 0 bridgehead atoms. The third kappa shape index (κ3) is 1.86. The Labute approximate surface area is 95.0 Å². The van der Waals surface area contributed by atoms with Gasteiger partial charge in [-0.1, -0.05) is 6.07 Å². The van der Waals surface area contributed by atoms with E-state index >= 15 is 0 Å². The highest BCUT2D eigenvalue weighted by Crippen LogP contribution is 2.44. The molecule has 0 aliphatic carbocycles. The fourth-order valence-corrected chi connectivity index (χ4v) is 3.31. The van der Waals surface area contributed by atoms with Gasteiger partial charge in [-0.15, -0.1) is 11.8 Å². The summed E-state index contributed by atoms with van der Waals surface area (Å²) >= 11 is 1.87. The number of fused-ring (bicyclic) bond motifs is 1. The number of hydrogen-bond acceptors (Lipinski definition) is 3. The molecule has 0 aromatic heterocycles. The van der Waals surface area contributed by atoms with Gasteiger partial charge in [-0.3, -0.25) is 0 Å². The molecule has 1 aromatic carbocycles. The van der Waals surface area contributed by atoms with Gasteiger partial charge >= 0.3 is 0 Å². The second-order valence-corrected chi connectivity index (χ2v) is 4.79. The van der Waals surface area contributed by atoms with Crippen molar-refractivity contribution in [1.29, 1.82) is 0 Å². The van der Waals surface area contributed by atoms with Crippen LogP contribution in [0.2, 0.25) is 0 Å². The van der Waals surface area contributed by atoms with Crippen LogP contribution >= 0.6 is 11.8 Å². The Morgan fingerprint density at radius 1 is 1.33 bits per heavy atom. The molecule has 0 radical (unpaired) electrons. The van der Waals surface area contributed by atoms with E-state index in [1.54, 1.807) is 14.2 Å². The molecule has 2 rings (SSSR count). The summed E-state index contributed by atoms with van der Waals surface area (Å²) in [6, 6.07) is 4.15. The van der Waals surface area contributed by atoms with E-state index in [0.717, 1.165) is 17.9 Å². The summed E-state index contributed by atoms with van der Waals surface area (Å²) < 4.78 is 10.9. The van der Waals surface area contributed by atoms with Crippen molar-refractivity contribution in [3.63, 3.8) is 0 Å². The Balaban J connectivity index is 2.53. The van der Waals surface area contributed by atoms with Gasteiger partial charge in [0, 0.05) is 18.4 Å². The molecule has 1 aromatic rings. The van der Waals surface area contributed by atoms with Crippen LogP contribution in [-0.4, -0.2) is 20.0 Å². The van der Waals surface area contributed by atoms with Gasteiger partial charge in [-0.2, -0.15) is 0 Å². The standard InChI is InChI=1S/C12H16O2S/c1-8-4-5-10(14-3)12-11(8)9(13-2)6-7-15-12/h4-5,9H,6-7H2,1-3H3. The Morgan fingerprint density at radius 2 is 2.13 bits per heavy atom. The van der Waals surface area contributed by atoms with Crippen molar-refractivity contribution in [2.45, 2.75) is 24.3 Å². The van der Waals surface area contributed by atoms with Gasteiger partial charge < -0.3 is 9.47 Å². The van der Waals surface area contributed by atoms with Crippen molar-refractivity contribution in [1.82, 2.24) is 0 Å². The summed E-state index contributed by atoms with van der Waals surface area (Å²) in [4.78, 5) is 1.26. The van der Waals surface area contributed by atoms with Gasteiger partial charge in [0.25, 0.3) is 0 Å². The van der Waals surface area contributed by atoms with Crippen LogP contribution in [0, 0.1) is 6.92 Å². The molecular weight excluding hydrogens is 208 g/mol. The number of hydrogen-bond donors (Lipinski definition) is 0. The number of aryl methyl sites for hydroxylation is 1. The molecule has 0 N–H and O–H groups in total. The zero-order chi connectivity index (χ0) is 10.8. The largest absolute Gasteiger partial charge is 0.496 e. The molecule has 1 atom stereocenters. The van der Waals surface area contributed by atoms with Crippen LogP contribution in [0.25, 0.3) is 0 Å². The molecule has 3 heteroatoms.